The molecule has 0 fully saturated rings. The van der Waals surface area contributed by atoms with Crippen LogP contribution in [0.15, 0.2) is 24.3 Å². The number of anilines is 1. The second kappa shape index (κ2) is 7.14. The third-order valence-electron chi connectivity index (χ3n) is 3.11. The monoisotopic (exact) mass is 264 g/mol. The van der Waals surface area contributed by atoms with E-state index in [1.54, 1.807) is 0 Å². The molecule has 1 unspecified atom stereocenters. The van der Waals surface area contributed by atoms with Gasteiger partial charge in [0, 0.05) is 25.3 Å². The Hall–Kier alpha value is -1.55. The molecule has 0 aromatic heterocycles. The minimum atomic E-state index is -0.785. The largest absolute Gasteiger partial charge is 0.480 e. The van der Waals surface area contributed by atoms with Gasteiger partial charge < -0.3 is 15.3 Å². The summed E-state index contributed by atoms with van der Waals surface area (Å²) < 4.78 is 0. The first-order valence-electron chi connectivity index (χ1n) is 6.67. The van der Waals surface area contributed by atoms with Gasteiger partial charge in [0.05, 0.1) is 0 Å². The molecule has 2 N–H and O–H groups in total. The van der Waals surface area contributed by atoms with Crippen molar-refractivity contribution < 1.29 is 9.90 Å². The fourth-order valence-corrected chi connectivity index (χ4v) is 2.12. The van der Waals surface area contributed by atoms with E-state index in [1.165, 1.54) is 5.56 Å². The number of carbonyl (C=O) groups is 1. The molecule has 0 aliphatic heterocycles. The molecule has 0 saturated heterocycles. The van der Waals surface area contributed by atoms with Crippen LogP contribution in [0.3, 0.4) is 0 Å². The maximum Gasteiger partial charge on any atom is 0.320 e. The molecule has 0 saturated carbocycles. The van der Waals surface area contributed by atoms with E-state index in [0.717, 1.165) is 5.69 Å². The van der Waals surface area contributed by atoms with Crippen LogP contribution >= 0.6 is 0 Å². The number of carboxylic acid groups (broad SMARTS) is 1. The molecular weight excluding hydrogens is 240 g/mol. The maximum atomic E-state index is 11.2. The zero-order chi connectivity index (χ0) is 14.4. The highest BCUT2D eigenvalue weighted by atomic mass is 16.4. The lowest BCUT2D eigenvalue weighted by molar-refractivity contribution is -0.139. The van der Waals surface area contributed by atoms with Crippen LogP contribution in [0.1, 0.15) is 25.8 Å². The summed E-state index contributed by atoms with van der Waals surface area (Å²) in [4.78, 5) is 13.3. The average molecular weight is 264 g/mol. The number of benzene rings is 1. The Bertz CT molecular complexity index is 418. The van der Waals surface area contributed by atoms with Gasteiger partial charge in [-0.3, -0.25) is 4.79 Å². The van der Waals surface area contributed by atoms with Crippen molar-refractivity contribution >= 4 is 11.7 Å². The van der Waals surface area contributed by atoms with E-state index < -0.39 is 12.0 Å². The van der Waals surface area contributed by atoms with Gasteiger partial charge in [-0.1, -0.05) is 32.0 Å². The number of nitrogens with one attached hydrogen (secondary N) is 1. The van der Waals surface area contributed by atoms with E-state index in [1.807, 2.05) is 33.0 Å². The number of para-hydroxylation sites is 1. The van der Waals surface area contributed by atoms with Crippen molar-refractivity contribution in [1.82, 2.24) is 5.32 Å². The Morgan fingerprint density at radius 1 is 1.37 bits per heavy atom. The fraction of sp³-hybridized carbons (Fsp3) is 0.533. The molecular formula is C15H24N2O2. The van der Waals surface area contributed by atoms with E-state index in [2.05, 4.69) is 29.3 Å². The number of hydrogen-bond donors (Lipinski definition) is 2. The summed E-state index contributed by atoms with van der Waals surface area (Å²) in [5, 5.41) is 12.3. The summed E-state index contributed by atoms with van der Waals surface area (Å²) in [6.07, 6.45) is 0.582. The zero-order valence-corrected chi connectivity index (χ0v) is 12.2. The maximum absolute atomic E-state index is 11.2. The number of aryl methyl sites for hydroxylation is 1. The highest BCUT2D eigenvalue weighted by Crippen LogP contribution is 2.18. The predicted octanol–water partition coefficient (Wildman–Crippen LogP) is 2.27. The molecule has 106 valence electrons. The summed E-state index contributed by atoms with van der Waals surface area (Å²) >= 11 is 0. The van der Waals surface area contributed by atoms with Gasteiger partial charge in [-0.05, 0) is 25.0 Å². The number of nitrogens with zero attached hydrogens (tertiary/aromatic N) is 1. The molecule has 0 amide bonds. The zero-order valence-electron chi connectivity index (χ0n) is 12.2. The van der Waals surface area contributed by atoms with Crippen LogP contribution in [-0.4, -0.2) is 36.8 Å². The first-order valence-corrected chi connectivity index (χ1v) is 6.67. The Balaban J connectivity index is 2.59. The van der Waals surface area contributed by atoms with Crippen molar-refractivity contribution in [2.45, 2.75) is 39.3 Å². The minimum Gasteiger partial charge on any atom is -0.480 e. The van der Waals surface area contributed by atoms with Gasteiger partial charge in [-0.2, -0.15) is 0 Å². The van der Waals surface area contributed by atoms with E-state index in [0.29, 0.717) is 13.0 Å². The van der Waals surface area contributed by atoms with Crippen molar-refractivity contribution in [2.75, 3.05) is 18.5 Å². The van der Waals surface area contributed by atoms with Crippen LogP contribution in [0.2, 0.25) is 0 Å². The van der Waals surface area contributed by atoms with Crippen LogP contribution < -0.4 is 10.2 Å². The summed E-state index contributed by atoms with van der Waals surface area (Å²) in [7, 11) is 2.00. The minimum absolute atomic E-state index is 0.171. The van der Waals surface area contributed by atoms with Gasteiger partial charge in [-0.15, -0.1) is 0 Å². The normalized spacial score (nSPS) is 12.5. The Morgan fingerprint density at radius 3 is 2.53 bits per heavy atom. The predicted molar refractivity (Wildman–Crippen MR) is 78.8 cm³/mol. The Morgan fingerprint density at radius 2 is 2.00 bits per heavy atom. The van der Waals surface area contributed by atoms with Gasteiger partial charge in [-0.25, -0.2) is 0 Å². The first-order chi connectivity index (χ1) is 8.91. The molecule has 0 heterocycles. The number of aliphatic carboxylic acids is 1. The average Bonchev–Trinajstić information content (AvgIpc) is 2.34. The van der Waals surface area contributed by atoms with Crippen molar-refractivity contribution in [3.05, 3.63) is 29.8 Å². The highest BCUT2D eigenvalue weighted by molar-refractivity contribution is 5.73. The van der Waals surface area contributed by atoms with Crippen LogP contribution in [0.4, 0.5) is 5.69 Å². The lowest BCUT2D eigenvalue weighted by Crippen LogP contribution is -2.42. The van der Waals surface area contributed by atoms with Crippen molar-refractivity contribution in [3.8, 4) is 0 Å². The first kappa shape index (κ1) is 15.5. The molecule has 0 aliphatic rings. The molecule has 0 bridgehead atoms. The summed E-state index contributed by atoms with van der Waals surface area (Å²) in [6, 6.07) is 7.80. The second-order valence-electron chi connectivity index (χ2n) is 5.21. The summed E-state index contributed by atoms with van der Waals surface area (Å²) in [5.74, 6) is -0.785. The molecule has 0 radical (unpaired) electrons. The number of hydrogen-bond acceptors (Lipinski definition) is 3. The van der Waals surface area contributed by atoms with Gasteiger partial charge >= 0.3 is 5.97 Å². The molecule has 1 rings (SSSR count). The molecule has 19 heavy (non-hydrogen) atoms. The SMILES string of the molecule is Cc1ccccc1N(C)CCC(NC(C)C)C(=O)O. The van der Waals surface area contributed by atoms with Crippen molar-refractivity contribution in [2.24, 2.45) is 0 Å². The lowest BCUT2D eigenvalue weighted by Gasteiger charge is -2.24. The van der Waals surface area contributed by atoms with Crippen molar-refractivity contribution in [3.63, 3.8) is 0 Å². The third kappa shape index (κ3) is 4.91. The van der Waals surface area contributed by atoms with Crippen LogP contribution in [-0.2, 0) is 4.79 Å². The summed E-state index contributed by atoms with van der Waals surface area (Å²) in [5.41, 5.74) is 2.35. The van der Waals surface area contributed by atoms with Gasteiger partial charge in [0.2, 0.25) is 0 Å². The molecule has 1 aromatic carbocycles. The number of carboxylic acids is 1. The molecule has 1 atom stereocenters. The third-order valence-corrected chi connectivity index (χ3v) is 3.11. The summed E-state index contributed by atoms with van der Waals surface area (Å²) in [6.45, 7) is 6.69. The van der Waals surface area contributed by atoms with E-state index >= 15 is 0 Å². The van der Waals surface area contributed by atoms with Gasteiger partial charge in [0.1, 0.15) is 6.04 Å². The van der Waals surface area contributed by atoms with E-state index in [9.17, 15) is 9.90 Å². The fourth-order valence-electron chi connectivity index (χ4n) is 2.12. The van der Waals surface area contributed by atoms with Crippen LogP contribution in [0.5, 0.6) is 0 Å². The van der Waals surface area contributed by atoms with E-state index in [-0.39, 0.29) is 6.04 Å². The standard InChI is InChI=1S/C15H24N2O2/c1-11(2)16-13(15(18)19)9-10-17(4)14-8-6-5-7-12(14)3/h5-8,11,13,16H,9-10H2,1-4H3,(H,18,19). The van der Waals surface area contributed by atoms with Crippen LogP contribution in [0.25, 0.3) is 0 Å². The van der Waals surface area contributed by atoms with Gasteiger partial charge in [0.25, 0.3) is 0 Å². The van der Waals surface area contributed by atoms with Gasteiger partial charge in [0.15, 0.2) is 0 Å². The number of rotatable bonds is 7. The molecule has 4 nitrogen and oxygen atoms in total. The molecule has 0 spiro atoms. The smallest absolute Gasteiger partial charge is 0.320 e. The lowest BCUT2D eigenvalue weighted by atomic mass is 10.1. The topological polar surface area (TPSA) is 52.6 Å². The van der Waals surface area contributed by atoms with E-state index in [4.69, 9.17) is 0 Å². The Labute approximate surface area is 115 Å². The molecule has 4 heteroatoms. The molecule has 0 aliphatic carbocycles. The second-order valence-corrected chi connectivity index (χ2v) is 5.21. The van der Waals surface area contributed by atoms with Crippen molar-refractivity contribution in [1.29, 1.82) is 0 Å². The Kier molecular flexibility index (Phi) is 5.83. The quantitative estimate of drug-likeness (QED) is 0.793. The molecule has 1 aromatic rings. The van der Waals surface area contributed by atoms with Crippen LogP contribution in [0, 0.1) is 6.92 Å². The highest BCUT2D eigenvalue weighted by Gasteiger charge is 2.18.